The van der Waals surface area contributed by atoms with Crippen LogP contribution >= 0.6 is 0 Å². The van der Waals surface area contributed by atoms with E-state index < -0.39 is 41.3 Å². The molecule has 1 unspecified atom stereocenters. The van der Waals surface area contributed by atoms with Gasteiger partial charge in [0.05, 0.1) is 18.8 Å². The van der Waals surface area contributed by atoms with Gasteiger partial charge in [-0.1, -0.05) is 18.2 Å². The predicted octanol–water partition coefficient (Wildman–Crippen LogP) is 3.24. The summed E-state index contributed by atoms with van der Waals surface area (Å²) < 4.78 is 49.5. The zero-order chi connectivity index (χ0) is 23.2. The van der Waals surface area contributed by atoms with Crippen LogP contribution in [0.2, 0.25) is 0 Å². The Hall–Kier alpha value is -3.44. The summed E-state index contributed by atoms with van der Waals surface area (Å²) in [6, 6.07) is 2.93. The number of alkyl halides is 3. The largest absolute Gasteiger partial charge is 0.461 e. The van der Waals surface area contributed by atoms with Crippen molar-refractivity contribution >= 4 is 23.5 Å². The SMILES string of the molecule is CCOC(=O)c1nnn(C(CC)C(=O)Nc2cccc(C(F)(F)F)c2)c1C(=O)OCC. The van der Waals surface area contributed by atoms with Crippen LogP contribution in [0.25, 0.3) is 0 Å². The first-order valence-electron chi connectivity index (χ1n) is 9.41. The second-order valence-electron chi connectivity index (χ2n) is 6.16. The van der Waals surface area contributed by atoms with E-state index in [4.69, 9.17) is 9.47 Å². The summed E-state index contributed by atoms with van der Waals surface area (Å²) in [6.07, 6.45) is -4.49. The van der Waals surface area contributed by atoms with E-state index in [1.54, 1.807) is 20.8 Å². The molecule has 0 bridgehead atoms. The topological polar surface area (TPSA) is 112 Å². The lowest BCUT2D eigenvalue weighted by Gasteiger charge is -2.17. The van der Waals surface area contributed by atoms with Crippen LogP contribution in [0.15, 0.2) is 24.3 Å². The molecule has 12 heteroatoms. The van der Waals surface area contributed by atoms with Gasteiger partial charge in [0.25, 0.3) is 0 Å². The zero-order valence-corrected chi connectivity index (χ0v) is 17.0. The van der Waals surface area contributed by atoms with Crippen LogP contribution in [-0.2, 0) is 20.4 Å². The zero-order valence-electron chi connectivity index (χ0n) is 17.0. The van der Waals surface area contributed by atoms with E-state index in [-0.39, 0.29) is 31.0 Å². The van der Waals surface area contributed by atoms with Crippen molar-refractivity contribution in [2.75, 3.05) is 18.5 Å². The molecule has 0 aliphatic rings. The van der Waals surface area contributed by atoms with Gasteiger partial charge in [0.15, 0.2) is 5.69 Å². The lowest BCUT2D eigenvalue weighted by molar-refractivity contribution is -0.137. The quantitative estimate of drug-likeness (QED) is 0.625. The smallest absolute Gasteiger partial charge is 0.416 e. The number of hydrogen-bond donors (Lipinski definition) is 1. The van der Waals surface area contributed by atoms with E-state index >= 15 is 0 Å². The van der Waals surface area contributed by atoms with E-state index in [1.165, 1.54) is 6.07 Å². The number of amides is 1. The number of halogens is 3. The molecule has 0 saturated heterocycles. The maximum Gasteiger partial charge on any atom is 0.416 e. The molecule has 1 atom stereocenters. The molecule has 0 aliphatic carbocycles. The highest BCUT2D eigenvalue weighted by atomic mass is 19.4. The number of esters is 2. The van der Waals surface area contributed by atoms with E-state index in [0.717, 1.165) is 22.9 Å². The second-order valence-corrected chi connectivity index (χ2v) is 6.16. The Labute approximate surface area is 175 Å². The molecular formula is C19H21F3N4O5. The van der Waals surface area contributed by atoms with Crippen molar-refractivity contribution in [1.82, 2.24) is 15.0 Å². The van der Waals surface area contributed by atoms with Crippen molar-refractivity contribution in [3.8, 4) is 0 Å². The summed E-state index contributed by atoms with van der Waals surface area (Å²) in [5.74, 6) is -2.63. The molecule has 1 N–H and O–H groups in total. The Kier molecular flexibility index (Phi) is 7.72. The Bertz CT molecular complexity index is 958. The normalized spacial score (nSPS) is 12.2. The first-order chi connectivity index (χ1) is 14.6. The molecular weight excluding hydrogens is 421 g/mol. The highest BCUT2D eigenvalue weighted by Gasteiger charge is 2.34. The second kappa shape index (κ2) is 10.0. The van der Waals surface area contributed by atoms with Crippen molar-refractivity contribution in [2.45, 2.75) is 39.4 Å². The Morgan fingerprint density at radius 2 is 1.74 bits per heavy atom. The molecule has 0 saturated carbocycles. The molecule has 1 aromatic carbocycles. The number of aromatic nitrogens is 3. The lowest BCUT2D eigenvalue weighted by Crippen LogP contribution is -2.30. The van der Waals surface area contributed by atoms with Gasteiger partial charge in [0, 0.05) is 5.69 Å². The third-order valence-electron chi connectivity index (χ3n) is 4.07. The lowest BCUT2D eigenvalue weighted by atomic mass is 10.1. The summed E-state index contributed by atoms with van der Waals surface area (Å²) in [5, 5.41) is 9.76. The molecule has 1 heterocycles. The first-order valence-corrected chi connectivity index (χ1v) is 9.41. The average Bonchev–Trinajstić information content (AvgIpc) is 3.13. The summed E-state index contributed by atoms with van der Waals surface area (Å²) >= 11 is 0. The molecule has 0 aliphatic heterocycles. The van der Waals surface area contributed by atoms with E-state index in [1.807, 2.05) is 0 Å². The average molecular weight is 442 g/mol. The van der Waals surface area contributed by atoms with Gasteiger partial charge < -0.3 is 14.8 Å². The molecule has 2 aromatic rings. The fraction of sp³-hybridized carbons (Fsp3) is 0.421. The van der Waals surface area contributed by atoms with Crippen molar-refractivity contribution < 1.29 is 37.0 Å². The minimum Gasteiger partial charge on any atom is -0.461 e. The molecule has 0 radical (unpaired) electrons. The predicted molar refractivity (Wildman–Crippen MR) is 101 cm³/mol. The first kappa shape index (κ1) is 23.8. The Morgan fingerprint density at radius 1 is 1.10 bits per heavy atom. The standard InChI is InChI=1S/C19H21F3N4O5/c1-4-13(16(27)23-12-9-7-8-11(10-12)19(20,21)22)26-15(18(29)31-6-3)14(24-25-26)17(28)30-5-2/h7-10,13H,4-6H2,1-3H3,(H,23,27). The number of carbonyl (C=O) groups is 3. The maximum absolute atomic E-state index is 12.9. The molecule has 0 spiro atoms. The van der Waals surface area contributed by atoms with Gasteiger partial charge in [-0.05, 0) is 38.5 Å². The summed E-state index contributed by atoms with van der Waals surface area (Å²) in [5.41, 5.74) is -1.84. The minimum atomic E-state index is -4.58. The third kappa shape index (κ3) is 5.58. The van der Waals surface area contributed by atoms with Crippen LogP contribution in [0.1, 0.15) is 59.8 Å². The van der Waals surface area contributed by atoms with Gasteiger partial charge in [-0.3, -0.25) is 4.79 Å². The van der Waals surface area contributed by atoms with Gasteiger partial charge in [-0.25, -0.2) is 14.3 Å². The van der Waals surface area contributed by atoms with Crippen LogP contribution in [-0.4, -0.2) is 46.1 Å². The molecule has 0 fully saturated rings. The van der Waals surface area contributed by atoms with Gasteiger partial charge in [-0.15, -0.1) is 5.10 Å². The van der Waals surface area contributed by atoms with Crippen LogP contribution in [0.4, 0.5) is 18.9 Å². The number of benzene rings is 1. The summed E-state index contributed by atoms with van der Waals surface area (Å²) in [7, 11) is 0. The summed E-state index contributed by atoms with van der Waals surface area (Å²) in [6.45, 7) is 4.70. The van der Waals surface area contributed by atoms with Crippen molar-refractivity contribution in [1.29, 1.82) is 0 Å². The molecule has 9 nitrogen and oxygen atoms in total. The monoisotopic (exact) mass is 442 g/mol. The fourth-order valence-corrected chi connectivity index (χ4v) is 2.71. The van der Waals surface area contributed by atoms with Crippen LogP contribution in [0.3, 0.4) is 0 Å². The number of nitrogens with one attached hydrogen (secondary N) is 1. The number of ether oxygens (including phenoxy) is 2. The van der Waals surface area contributed by atoms with Crippen molar-refractivity contribution in [2.24, 2.45) is 0 Å². The van der Waals surface area contributed by atoms with E-state index in [0.29, 0.717) is 0 Å². The van der Waals surface area contributed by atoms with E-state index in [2.05, 4.69) is 15.6 Å². The van der Waals surface area contributed by atoms with Crippen molar-refractivity contribution in [3.63, 3.8) is 0 Å². The summed E-state index contributed by atoms with van der Waals surface area (Å²) in [4.78, 5) is 37.4. The molecule has 31 heavy (non-hydrogen) atoms. The third-order valence-corrected chi connectivity index (χ3v) is 4.07. The number of nitrogens with zero attached hydrogens (tertiary/aromatic N) is 3. The van der Waals surface area contributed by atoms with Crippen LogP contribution in [0, 0.1) is 0 Å². The Morgan fingerprint density at radius 3 is 2.32 bits per heavy atom. The van der Waals surface area contributed by atoms with Gasteiger partial charge in [0.2, 0.25) is 11.6 Å². The van der Waals surface area contributed by atoms with Crippen LogP contribution < -0.4 is 5.32 Å². The molecule has 1 amide bonds. The maximum atomic E-state index is 12.9. The number of carbonyl (C=O) groups excluding carboxylic acids is 3. The molecule has 168 valence electrons. The van der Waals surface area contributed by atoms with Crippen LogP contribution in [0.5, 0.6) is 0 Å². The highest BCUT2D eigenvalue weighted by Crippen LogP contribution is 2.31. The number of hydrogen-bond acceptors (Lipinski definition) is 7. The fourth-order valence-electron chi connectivity index (χ4n) is 2.71. The molecule has 2 rings (SSSR count). The van der Waals surface area contributed by atoms with Gasteiger partial charge >= 0.3 is 18.1 Å². The highest BCUT2D eigenvalue weighted by molar-refractivity contribution is 6.01. The minimum absolute atomic E-state index is 0.0144. The van der Waals surface area contributed by atoms with Crippen molar-refractivity contribution in [3.05, 3.63) is 41.2 Å². The number of anilines is 1. The van der Waals surface area contributed by atoms with E-state index in [9.17, 15) is 27.6 Å². The number of rotatable bonds is 8. The van der Waals surface area contributed by atoms with Gasteiger partial charge in [0.1, 0.15) is 6.04 Å². The Balaban J connectivity index is 2.40. The van der Waals surface area contributed by atoms with Gasteiger partial charge in [-0.2, -0.15) is 13.2 Å². The molecule has 1 aromatic heterocycles.